The zero-order valence-corrected chi connectivity index (χ0v) is 17.0. The van der Waals surface area contributed by atoms with Crippen molar-refractivity contribution in [3.63, 3.8) is 0 Å². The molecule has 0 aliphatic carbocycles. The SMILES string of the molecule is c1ccc(C(PP(c2ccccc2)c2ccccc2)c2ccccc2)cc1. The fourth-order valence-electron chi connectivity index (χ4n) is 3.21. The molecule has 4 rings (SSSR count). The summed E-state index contributed by atoms with van der Waals surface area (Å²) in [4.78, 5) is 0. The molecule has 2 heteroatoms. The maximum Gasteiger partial charge on any atom is 0.0309 e. The second kappa shape index (κ2) is 9.09. The average molecular weight is 384 g/mol. The summed E-state index contributed by atoms with van der Waals surface area (Å²) in [5, 5.41) is 2.91. The Balaban J connectivity index is 1.77. The number of hydrogen-bond donors (Lipinski definition) is 0. The molecule has 4 aromatic rings. The van der Waals surface area contributed by atoms with Gasteiger partial charge in [0.2, 0.25) is 0 Å². The largest absolute Gasteiger partial charge is 0.0745 e. The van der Waals surface area contributed by atoms with E-state index in [1.807, 2.05) is 0 Å². The van der Waals surface area contributed by atoms with E-state index < -0.39 is 7.61 Å². The van der Waals surface area contributed by atoms with E-state index in [-0.39, 0.29) is 0 Å². The van der Waals surface area contributed by atoms with Gasteiger partial charge in [-0.05, 0) is 29.3 Å². The highest BCUT2D eigenvalue weighted by Gasteiger charge is 2.22. The van der Waals surface area contributed by atoms with Crippen molar-refractivity contribution < 1.29 is 0 Å². The molecule has 0 bridgehead atoms. The van der Waals surface area contributed by atoms with E-state index in [1.54, 1.807) is 0 Å². The quantitative estimate of drug-likeness (QED) is 0.333. The van der Waals surface area contributed by atoms with Gasteiger partial charge in [0.1, 0.15) is 0 Å². The van der Waals surface area contributed by atoms with E-state index in [0.717, 1.165) is 8.27 Å². The predicted octanol–water partition coefficient (Wildman–Crippen LogP) is 6.50. The van der Waals surface area contributed by atoms with Crippen LogP contribution >= 0.6 is 15.9 Å². The zero-order valence-electron chi connectivity index (χ0n) is 15.1. The first-order valence-corrected chi connectivity index (χ1v) is 12.4. The molecule has 0 nitrogen and oxygen atoms in total. The van der Waals surface area contributed by atoms with Crippen LogP contribution < -0.4 is 10.6 Å². The Bertz CT molecular complexity index is 778. The molecular formula is C25H22P2. The van der Waals surface area contributed by atoms with Gasteiger partial charge in [-0.3, -0.25) is 0 Å². The lowest BCUT2D eigenvalue weighted by Crippen LogP contribution is -2.09. The molecule has 0 heterocycles. The summed E-state index contributed by atoms with van der Waals surface area (Å²) in [5.74, 6) is 0. The average Bonchev–Trinajstić information content (AvgIpc) is 2.77. The van der Waals surface area contributed by atoms with Gasteiger partial charge in [0.05, 0.1) is 0 Å². The highest BCUT2D eigenvalue weighted by atomic mass is 32.0. The molecule has 27 heavy (non-hydrogen) atoms. The summed E-state index contributed by atoms with van der Waals surface area (Å²) in [5.41, 5.74) is 3.22. The fourth-order valence-corrected chi connectivity index (χ4v) is 9.15. The van der Waals surface area contributed by atoms with Crippen LogP contribution in [-0.4, -0.2) is 0 Å². The Morgan fingerprint density at radius 1 is 0.444 bits per heavy atom. The molecule has 0 N–H and O–H groups in total. The highest BCUT2D eigenvalue weighted by Crippen LogP contribution is 2.62. The van der Waals surface area contributed by atoms with Gasteiger partial charge < -0.3 is 0 Å². The van der Waals surface area contributed by atoms with Gasteiger partial charge in [0, 0.05) is 5.66 Å². The van der Waals surface area contributed by atoms with Crippen LogP contribution in [0.25, 0.3) is 0 Å². The van der Waals surface area contributed by atoms with Crippen LogP contribution in [0.2, 0.25) is 0 Å². The van der Waals surface area contributed by atoms with Gasteiger partial charge in [-0.1, -0.05) is 130 Å². The first-order valence-electron chi connectivity index (χ1n) is 9.18. The molecular weight excluding hydrogens is 362 g/mol. The number of benzene rings is 4. The third-order valence-electron chi connectivity index (χ3n) is 4.55. The molecule has 0 aliphatic rings. The maximum absolute atomic E-state index is 2.29. The normalized spacial score (nSPS) is 11.5. The molecule has 0 saturated heterocycles. The van der Waals surface area contributed by atoms with Crippen LogP contribution in [0.15, 0.2) is 121 Å². The predicted molar refractivity (Wildman–Crippen MR) is 122 cm³/mol. The summed E-state index contributed by atoms with van der Waals surface area (Å²) in [6.07, 6.45) is 0. The molecule has 1 unspecified atom stereocenters. The van der Waals surface area contributed by atoms with Crippen LogP contribution in [0.1, 0.15) is 16.8 Å². The molecule has 0 radical (unpaired) electrons. The van der Waals surface area contributed by atoms with Crippen LogP contribution in [0.4, 0.5) is 0 Å². The minimum Gasteiger partial charge on any atom is -0.0745 e. The second-order valence-electron chi connectivity index (χ2n) is 6.39. The zero-order chi connectivity index (χ0) is 18.3. The molecule has 1 atom stereocenters. The first kappa shape index (κ1) is 18.1. The second-order valence-corrected chi connectivity index (χ2v) is 11.0. The molecule has 0 aliphatic heterocycles. The van der Waals surface area contributed by atoms with Crippen molar-refractivity contribution in [1.82, 2.24) is 0 Å². The van der Waals surface area contributed by atoms with Crippen LogP contribution in [-0.2, 0) is 0 Å². The maximum atomic E-state index is 2.29. The summed E-state index contributed by atoms with van der Waals surface area (Å²) >= 11 is 0. The van der Waals surface area contributed by atoms with Crippen molar-refractivity contribution in [3.05, 3.63) is 132 Å². The van der Waals surface area contributed by atoms with E-state index in [0.29, 0.717) is 5.66 Å². The van der Waals surface area contributed by atoms with Gasteiger partial charge in [0.25, 0.3) is 0 Å². The van der Waals surface area contributed by atoms with Crippen molar-refractivity contribution in [3.8, 4) is 0 Å². The van der Waals surface area contributed by atoms with Crippen molar-refractivity contribution in [1.29, 1.82) is 0 Å². The van der Waals surface area contributed by atoms with E-state index in [4.69, 9.17) is 0 Å². The Morgan fingerprint density at radius 3 is 1.15 bits per heavy atom. The van der Waals surface area contributed by atoms with E-state index in [2.05, 4.69) is 121 Å². The Hall–Kier alpha value is -2.26. The number of hydrogen-bond acceptors (Lipinski definition) is 0. The lowest BCUT2D eigenvalue weighted by Gasteiger charge is -2.26. The molecule has 0 amide bonds. The highest BCUT2D eigenvalue weighted by molar-refractivity contribution is 8.28. The lowest BCUT2D eigenvalue weighted by molar-refractivity contribution is 1.16. The minimum absolute atomic E-state index is 0.410. The summed E-state index contributed by atoms with van der Waals surface area (Å²) in [6.45, 7) is 0. The van der Waals surface area contributed by atoms with Gasteiger partial charge >= 0.3 is 0 Å². The van der Waals surface area contributed by atoms with Gasteiger partial charge in [0.15, 0.2) is 0 Å². The summed E-state index contributed by atoms with van der Waals surface area (Å²) in [6, 6.07) is 44.0. The van der Waals surface area contributed by atoms with Crippen LogP contribution in [0.5, 0.6) is 0 Å². The van der Waals surface area contributed by atoms with Gasteiger partial charge in [-0.25, -0.2) is 0 Å². The third-order valence-corrected chi connectivity index (χ3v) is 10.5. The molecule has 0 spiro atoms. The van der Waals surface area contributed by atoms with Crippen molar-refractivity contribution in [2.24, 2.45) is 0 Å². The summed E-state index contributed by atoms with van der Waals surface area (Å²) < 4.78 is 0. The molecule has 0 saturated carbocycles. The smallest absolute Gasteiger partial charge is 0.0309 e. The van der Waals surface area contributed by atoms with Crippen molar-refractivity contribution in [2.45, 2.75) is 5.66 Å². The van der Waals surface area contributed by atoms with E-state index >= 15 is 0 Å². The first-order chi connectivity index (χ1) is 13.4. The number of rotatable bonds is 6. The molecule has 4 aromatic carbocycles. The van der Waals surface area contributed by atoms with E-state index in [1.165, 1.54) is 21.7 Å². The Labute approximate surface area is 164 Å². The Morgan fingerprint density at radius 2 is 0.778 bits per heavy atom. The van der Waals surface area contributed by atoms with Crippen molar-refractivity contribution >= 4 is 26.5 Å². The third kappa shape index (κ3) is 4.54. The monoisotopic (exact) mass is 384 g/mol. The topological polar surface area (TPSA) is 0 Å². The minimum atomic E-state index is -0.410. The molecule has 132 valence electrons. The lowest BCUT2D eigenvalue weighted by atomic mass is 10.0. The van der Waals surface area contributed by atoms with Gasteiger partial charge in [-0.2, -0.15) is 0 Å². The van der Waals surface area contributed by atoms with Gasteiger partial charge in [-0.15, -0.1) is 0 Å². The standard InChI is InChI=1S/C25H22P2/c1-5-13-21(14-6-1)25(22-15-7-2-8-16-22)26-27(23-17-9-3-10-18-23)24-19-11-4-12-20-24/h1-20,25-26H. The van der Waals surface area contributed by atoms with Crippen LogP contribution in [0.3, 0.4) is 0 Å². The fraction of sp³-hybridized carbons (Fsp3) is 0.0400. The van der Waals surface area contributed by atoms with E-state index in [9.17, 15) is 0 Å². The molecule has 0 aromatic heterocycles. The van der Waals surface area contributed by atoms with Crippen LogP contribution in [0, 0.1) is 0 Å². The Kier molecular flexibility index (Phi) is 6.10. The summed E-state index contributed by atoms with van der Waals surface area (Å²) in [7, 11) is 0.379. The molecule has 0 fully saturated rings. The van der Waals surface area contributed by atoms with Crippen molar-refractivity contribution in [2.75, 3.05) is 0 Å².